The van der Waals surface area contributed by atoms with Crippen molar-refractivity contribution < 1.29 is 19.4 Å². The van der Waals surface area contributed by atoms with Crippen LogP contribution in [-0.2, 0) is 14.3 Å². The zero-order valence-corrected chi connectivity index (χ0v) is 10.4. The highest BCUT2D eigenvalue weighted by atomic mass is 16.5. The molecule has 0 saturated carbocycles. The first-order valence-electron chi connectivity index (χ1n) is 5.73. The van der Waals surface area contributed by atoms with Crippen molar-refractivity contribution in [2.24, 2.45) is 0 Å². The summed E-state index contributed by atoms with van der Waals surface area (Å²) in [5.74, 6) is -0.125. The first-order valence-corrected chi connectivity index (χ1v) is 5.73. The third-order valence-electron chi connectivity index (χ3n) is 2.77. The number of hydrogen-bond donors (Lipinski definition) is 1. The number of methoxy groups -OCH3 is 1. The Kier molecular flexibility index (Phi) is 5.37. The molecule has 1 saturated heterocycles. The molecular formula is C11H20N2O4. The van der Waals surface area contributed by atoms with Crippen LogP contribution >= 0.6 is 0 Å². The van der Waals surface area contributed by atoms with E-state index in [4.69, 9.17) is 4.74 Å². The first-order chi connectivity index (χ1) is 8.04. The van der Waals surface area contributed by atoms with E-state index in [0.29, 0.717) is 13.0 Å². The molecular weight excluding hydrogens is 224 g/mol. The standard InChI is InChI=1S/C11H20N2O4/c1-12(6-9(14)8-17-2)11(16)7-13-5-3-4-10(13)15/h9,14H,3-8H2,1-2H3. The summed E-state index contributed by atoms with van der Waals surface area (Å²) in [6.07, 6.45) is 0.661. The van der Waals surface area contributed by atoms with Crippen LogP contribution in [0.4, 0.5) is 0 Å². The molecule has 2 amide bonds. The lowest BCUT2D eigenvalue weighted by Crippen LogP contribution is -2.42. The normalized spacial score (nSPS) is 17.4. The van der Waals surface area contributed by atoms with Gasteiger partial charge in [-0.05, 0) is 6.42 Å². The van der Waals surface area contributed by atoms with Gasteiger partial charge in [-0.15, -0.1) is 0 Å². The van der Waals surface area contributed by atoms with Gasteiger partial charge in [0.2, 0.25) is 11.8 Å². The molecule has 0 aromatic rings. The quantitative estimate of drug-likeness (QED) is 0.655. The number of carbonyl (C=O) groups excluding carboxylic acids is 2. The van der Waals surface area contributed by atoms with Crippen molar-refractivity contribution in [3.63, 3.8) is 0 Å². The summed E-state index contributed by atoms with van der Waals surface area (Å²) >= 11 is 0. The van der Waals surface area contributed by atoms with Crippen molar-refractivity contribution in [3.05, 3.63) is 0 Å². The molecule has 0 bridgehead atoms. The monoisotopic (exact) mass is 244 g/mol. The van der Waals surface area contributed by atoms with Crippen LogP contribution in [0, 0.1) is 0 Å². The van der Waals surface area contributed by atoms with Crippen LogP contribution < -0.4 is 0 Å². The van der Waals surface area contributed by atoms with E-state index in [9.17, 15) is 14.7 Å². The maximum atomic E-state index is 11.8. The molecule has 98 valence electrons. The van der Waals surface area contributed by atoms with Crippen molar-refractivity contribution in [2.45, 2.75) is 18.9 Å². The maximum Gasteiger partial charge on any atom is 0.242 e. The van der Waals surface area contributed by atoms with Crippen molar-refractivity contribution in [3.8, 4) is 0 Å². The van der Waals surface area contributed by atoms with Gasteiger partial charge in [0.05, 0.1) is 19.3 Å². The number of aliphatic hydroxyl groups excluding tert-OH is 1. The van der Waals surface area contributed by atoms with Gasteiger partial charge in [0, 0.05) is 33.7 Å². The summed E-state index contributed by atoms with van der Waals surface area (Å²) in [5.41, 5.74) is 0. The predicted molar refractivity (Wildman–Crippen MR) is 61.3 cm³/mol. The minimum absolute atomic E-state index is 0.0317. The Morgan fingerprint density at radius 2 is 2.35 bits per heavy atom. The number of nitrogens with zero attached hydrogens (tertiary/aromatic N) is 2. The zero-order chi connectivity index (χ0) is 12.8. The van der Waals surface area contributed by atoms with Gasteiger partial charge in [-0.1, -0.05) is 0 Å². The van der Waals surface area contributed by atoms with E-state index >= 15 is 0 Å². The number of hydrogen-bond acceptors (Lipinski definition) is 4. The lowest BCUT2D eigenvalue weighted by molar-refractivity contribution is -0.138. The van der Waals surface area contributed by atoms with E-state index in [0.717, 1.165) is 6.42 Å². The van der Waals surface area contributed by atoms with Crippen LogP contribution in [0.5, 0.6) is 0 Å². The van der Waals surface area contributed by atoms with Crippen LogP contribution in [-0.4, -0.2) is 73.2 Å². The van der Waals surface area contributed by atoms with Gasteiger partial charge in [-0.2, -0.15) is 0 Å². The molecule has 1 rings (SSSR count). The second-order valence-corrected chi connectivity index (χ2v) is 4.30. The Hall–Kier alpha value is -1.14. The lowest BCUT2D eigenvalue weighted by atomic mass is 10.3. The molecule has 1 aliphatic heterocycles. The van der Waals surface area contributed by atoms with E-state index in [-0.39, 0.29) is 31.5 Å². The SMILES string of the molecule is COCC(O)CN(C)C(=O)CN1CCCC1=O. The Bertz CT molecular complexity index is 283. The number of amides is 2. The van der Waals surface area contributed by atoms with Crippen molar-refractivity contribution in [2.75, 3.05) is 40.4 Å². The molecule has 1 fully saturated rings. The second kappa shape index (κ2) is 6.56. The summed E-state index contributed by atoms with van der Waals surface area (Å²) in [6, 6.07) is 0. The Balaban J connectivity index is 2.33. The molecule has 0 aromatic heterocycles. The summed E-state index contributed by atoms with van der Waals surface area (Å²) in [6.45, 7) is 1.17. The van der Waals surface area contributed by atoms with Gasteiger partial charge in [-0.3, -0.25) is 9.59 Å². The van der Waals surface area contributed by atoms with E-state index in [1.54, 1.807) is 11.9 Å². The van der Waals surface area contributed by atoms with Crippen molar-refractivity contribution in [1.82, 2.24) is 9.80 Å². The topological polar surface area (TPSA) is 70.1 Å². The summed E-state index contributed by atoms with van der Waals surface area (Å²) in [7, 11) is 3.11. The number of carbonyl (C=O) groups is 2. The van der Waals surface area contributed by atoms with Crippen LogP contribution in [0.3, 0.4) is 0 Å². The van der Waals surface area contributed by atoms with Crippen molar-refractivity contribution in [1.29, 1.82) is 0 Å². The Morgan fingerprint density at radius 1 is 1.65 bits per heavy atom. The van der Waals surface area contributed by atoms with E-state index in [2.05, 4.69) is 0 Å². The molecule has 1 unspecified atom stereocenters. The molecule has 6 nitrogen and oxygen atoms in total. The highest BCUT2D eigenvalue weighted by Crippen LogP contribution is 2.09. The molecule has 1 N–H and O–H groups in total. The highest BCUT2D eigenvalue weighted by Gasteiger charge is 2.24. The molecule has 1 heterocycles. The molecule has 17 heavy (non-hydrogen) atoms. The number of ether oxygens (including phenoxy) is 1. The van der Waals surface area contributed by atoms with Crippen LogP contribution in [0.25, 0.3) is 0 Å². The molecule has 0 radical (unpaired) electrons. The summed E-state index contributed by atoms with van der Waals surface area (Å²) in [4.78, 5) is 26.1. The highest BCUT2D eigenvalue weighted by molar-refractivity contribution is 5.85. The first kappa shape index (κ1) is 13.9. The maximum absolute atomic E-state index is 11.8. The largest absolute Gasteiger partial charge is 0.389 e. The number of rotatable bonds is 6. The predicted octanol–water partition coefficient (Wildman–Crippen LogP) is -0.925. The van der Waals surface area contributed by atoms with E-state index in [1.807, 2.05) is 0 Å². The van der Waals surface area contributed by atoms with Crippen LogP contribution in [0.1, 0.15) is 12.8 Å². The Labute approximate surface area is 101 Å². The molecule has 0 aromatic carbocycles. The van der Waals surface area contributed by atoms with Gasteiger partial charge in [-0.25, -0.2) is 0 Å². The number of aliphatic hydroxyl groups is 1. The Morgan fingerprint density at radius 3 is 2.88 bits per heavy atom. The van der Waals surface area contributed by atoms with E-state index in [1.165, 1.54) is 12.0 Å². The molecule has 1 atom stereocenters. The van der Waals surface area contributed by atoms with Gasteiger partial charge in [0.1, 0.15) is 0 Å². The lowest BCUT2D eigenvalue weighted by Gasteiger charge is -2.23. The van der Waals surface area contributed by atoms with Gasteiger partial charge in [0.25, 0.3) is 0 Å². The molecule has 0 aliphatic carbocycles. The van der Waals surface area contributed by atoms with Crippen LogP contribution in [0.2, 0.25) is 0 Å². The smallest absolute Gasteiger partial charge is 0.242 e. The average Bonchev–Trinajstić information content (AvgIpc) is 2.64. The third-order valence-corrected chi connectivity index (χ3v) is 2.77. The third kappa shape index (κ3) is 4.32. The average molecular weight is 244 g/mol. The van der Waals surface area contributed by atoms with Gasteiger partial charge >= 0.3 is 0 Å². The van der Waals surface area contributed by atoms with Gasteiger partial charge in [0.15, 0.2) is 0 Å². The summed E-state index contributed by atoms with van der Waals surface area (Å²) < 4.78 is 4.78. The zero-order valence-electron chi connectivity index (χ0n) is 10.4. The van der Waals surface area contributed by atoms with E-state index < -0.39 is 6.10 Å². The number of likely N-dealkylation sites (N-methyl/N-ethyl adjacent to an activating group) is 1. The van der Waals surface area contributed by atoms with Gasteiger partial charge < -0.3 is 19.6 Å². The van der Waals surface area contributed by atoms with Crippen molar-refractivity contribution >= 4 is 11.8 Å². The summed E-state index contributed by atoms with van der Waals surface area (Å²) in [5, 5.41) is 9.48. The minimum Gasteiger partial charge on any atom is -0.389 e. The fourth-order valence-electron chi connectivity index (χ4n) is 1.82. The second-order valence-electron chi connectivity index (χ2n) is 4.30. The van der Waals surface area contributed by atoms with Crippen LogP contribution in [0.15, 0.2) is 0 Å². The fraction of sp³-hybridized carbons (Fsp3) is 0.818. The molecule has 1 aliphatic rings. The number of likely N-dealkylation sites (tertiary alicyclic amines) is 1. The minimum atomic E-state index is -0.691. The fourth-order valence-corrected chi connectivity index (χ4v) is 1.82. The molecule has 6 heteroatoms. The molecule has 0 spiro atoms.